The summed E-state index contributed by atoms with van der Waals surface area (Å²) in [4.78, 5) is 26.1. The van der Waals surface area contributed by atoms with Crippen LogP contribution in [0.1, 0.15) is 34.6 Å². The Morgan fingerprint density at radius 1 is 1.19 bits per heavy atom. The monoisotopic (exact) mass is 366 g/mol. The molecule has 0 saturated carbocycles. The summed E-state index contributed by atoms with van der Waals surface area (Å²) in [5, 5.41) is 3.50. The molecule has 0 aromatic heterocycles. The van der Waals surface area contributed by atoms with Crippen LogP contribution in [0.3, 0.4) is 0 Å². The molecule has 0 bridgehead atoms. The maximum Gasteiger partial charge on any atom is 0.242 e. The third-order valence-electron chi connectivity index (χ3n) is 5.57. The zero-order chi connectivity index (χ0) is 19.5. The first-order valence-corrected chi connectivity index (χ1v) is 9.86. The van der Waals surface area contributed by atoms with Gasteiger partial charge in [0.1, 0.15) is 0 Å². The van der Waals surface area contributed by atoms with Crippen molar-refractivity contribution in [1.82, 2.24) is 24.9 Å². The number of rotatable bonds is 4. The zero-order valence-corrected chi connectivity index (χ0v) is 17.7. The van der Waals surface area contributed by atoms with Crippen LogP contribution in [0.2, 0.25) is 0 Å². The summed E-state index contributed by atoms with van der Waals surface area (Å²) in [5.41, 5.74) is -0.204. The number of likely N-dealkylation sites (N-methyl/N-ethyl adjacent to an activating group) is 1. The first kappa shape index (κ1) is 21.0. The van der Waals surface area contributed by atoms with Crippen LogP contribution in [-0.2, 0) is 4.79 Å². The van der Waals surface area contributed by atoms with Gasteiger partial charge in [-0.2, -0.15) is 0 Å². The fourth-order valence-corrected chi connectivity index (χ4v) is 4.28. The molecule has 2 rings (SSSR count). The summed E-state index contributed by atoms with van der Waals surface area (Å²) in [7, 11) is 3.98. The van der Waals surface area contributed by atoms with Crippen LogP contribution in [-0.4, -0.2) is 109 Å². The number of hydrogen-bond acceptors (Lipinski definition) is 4. The van der Waals surface area contributed by atoms with E-state index >= 15 is 0 Å². The molecule has 1 N–H and O–H groups in total. The second kappa shape index (κ2) is 8.57. The van der Waals surface area contributed by atoms with E-state index in [2.05, 4.69) is 66.7 Å². The van der Waals surface area contributed by atoms with Crippen molar-refractivity contribution in [3.63, 3.8) is 0 Å². The van der Waals surface area contributed by atoms with Crippen LogP contribution < -0.4 is 5.32 Å². The quantitative estimate of drug-likeness (QED) is 0.581. The highest BCUT2D eigenvalue weighted by atomic mass is 16.2. The van der Waals surface area contributed by atoms with Crippen molar-refractivity contribution in [2.24, 2.45) is 4.99 Å². The lowest BCUT2D eigenvalue weighted by Crippen LogP contribution is -2.66. The van der Waals surface area contributed by atoms with E-state index in [9.17, 15) is 4.79 Å². The number of carbonyl (C=O) groups excluding carboxylic acids is 1. The Bertz CT molecular complexity index is 510. The van der Waals surface area contributed by atoms with Gasteiger partial charge in [0.15, 0.2) is 5.96 Å². The number of carbonyl (C=O) groups is 1. The number of guanidine groups is 1. The molecule has 0 spiro atoms. The molecule has 2 heterocycles. The van der Waals surface area contributed by atoms with Gasteiger partial charge in [-0.25, -0.2) is 0 Å². The van der Waals surface area contributed by atoms with E-state index in [1.54, 1.807) is 7.05 Å². The third-order valence-corrected chi connectivity index (χ3v) is 5.57. The minimum atomic E-state index is -0.204. The second-order valence-electron chi connectivity index (χ2n) is 8.64. The van der Waals surface area contributed by atoms with Crippen molar-refractivity contribution in [2.45, 2.75) is 52.2 Å². The molecule has 7 nitrogen and oxygen atoms in total. The minimum absolute atomic E-state index is 0.173. The lowest BCUT2D eigenvalue weighted by Gasteiger charge is -2.49. The van der Waals surface area contributed by atoms with Crippen molar-refractivity contribution < 1.29 is 4.79 Å². The Morgan fingerprint density at radius 2 is 1.81 bits per heavy atom. The van der Waals surface area contributed by atoms with Crippen LogP contribution in [0.5, 0.6) is 0 Å². The average Bonchev–Trinajstić information content (AvgIpc) is 2.53. The molecule has 2 fully saturated rings. The van der Waals surface area contributed by atoms with Crippen molar-refractivity contribution >= 4 is 11.9 Å². The van der Waals surface area contributed by atoms with Gasteiger partial charge in [-0.15, -0.1) is 0 Å². The van der Waals surface area contributed by atoms with E-state index in [1.165, 1.54) is 0 Å². The zero-order valence-electron chi connectivity index (χ0n) is 17.7. The van der Waals surface area contributed by atoms with E-state index < -0.39 is 0 Å². The summed E-state index contributed by atoms with van der Waals surface area (Å²) in [6.45, 7) is 17.2. The maximum atomic E-state index is 12.7. The molecule has 150 valence electrons. The summed E-state index contributed by atoms with van der Waals surface area (Å²) in [6.07, 6.45) is 0. The van der Waals surface area contributed by atoms with Gasteiger partial charge >= 0.3 is 0 Å². The van der Waals surface area contributed by atoms with Crippen LogP contribution in [0.15, 0.2) is 4.99 Å². The Labute approximate surface area is 159 Å². The molecule has 1 atom stereocenters. The number of aliphatic imine (C=N–C) groups is 1. The summed E-state index contributed by atoms with van der Waals surface area (Å²) in [5.74, 6) is 1.00. The van der Waals surface area contributed by atoms with E-state index in [4.69, 9.17) is 0 Å². The smallest absolute Gasteiger partial charge is 0.242 e. The fraction of sp³-hybridized carbons (Fsp3) is 0.895. The topological polar surface area (TPSA) is 54.4 Å². The van der Waals surface area contributed by atoms with Gasteiger partial charge in [-0.05, 0) is 41.7 Å². The number of piperazine rings is 2. The van der Waals surface area contributed by atoms with Crippen LogP contribution in [0.25, 0.3) is 0 Å². The molecule has 1 amide bonds. The highest BCUT2D eigenvalue weighted by molar-refractivity contribution is 5.88. The fourth-order valence-electron chi connectivity index (χ4n) is 4.28. The molecule has 0 aromatic rings. The van der Waals surface area contributed by atoms with Gasteiger partial charge in [0.25, 0.3) is 0 Å². The summed E-state index contributed by atoms with van der Waals surface area (Å²) >= 11 is 0. The SMILES string of the molecule is CN=C(NCC(C)N1CCN(C)CC1)N1CC(=O)N(C(C)C)C(C)(C)C1. The molecule has 2 saturated heterocycles. The molecular formula is C19H38N6O. The van der Waals surface area contributed by atoms with Crippen molar-refractivity contribution in [3.05, 3.63) is 0 Å². The van der Waals surface area contributed by atoms with Crippen LogP contribution in [0.4, 0.5) is 0 Å². The number of hydrogen-bond donors (Lipinski definition) is 1. The predicted molar refractivity (Wildman–Crippen MR) is 108 cm³/mol. The second-order valence-corrected chi connectivity index (χ2v) is 8.64. The lowest BCUT2D eigenvalue weighted by molar-refractivity contribution is -0.145. The van der Waals surface area contributed by atoms with Gasteiger partial charge in [-0.1, -0.05) is 0 Å². The van der Waals surface area contributed by atoms with Crippen molar-refractivity contribution in [1.29, 1.82) is 0 Å². The Hall–Kier alpha value is -1.34. The third kappa shape index (κ3) is 4.88. The van der Waals surface area contributed by atoms with E-state index in [0.717, 1.165) is 45.2 Å². The van der Waals surface area contributed by atoms with Crippen molar-refractivity contribution in [2.75, 3.05) is 59.9 Å². The highest BCUT2D eigenvalue weighted by Crippen LogP contribution is 2.24. The number of nitrogens with one attached hydrogen (secondary N) is 1. The van der Waals surface area contributed by atoms with Crippen LogP contribution >= 0.6 is 0 Å². The molecule has 0 aromatic carbocycles. The largest absolute Gasteiger partial charge is 0.355 e. The van der Waals surface area contributed by atoms with Gasteiger partial charge in [0.2, 0.25) is 5.91 Å². The molecule has 2 aliphatic heterocycles. The number of nitrogens with zero attached hydrogens (tertiary/aromatic N) is 5. The summed E-state index contributed by atoms with van der Waals surface area (Å²) < 4.78 is 0. The molecule has 0 radical (unpaired) electrons. The summed E-state index contributed by atoms with van der Waals surface area (Å²) in [6, 6.07) is 0.660. The lowest BCUT2D eigenvalue weighted by atomic mass is 9.96. The molecule has 7 heteroatoms. The van der Waals surface area contributed by atoms with Gasteiger partial charge in [-0.3, -0.25) is 14.7 Å². The molecule has 26 heavy (non-hydrogen) atoms. The minimum Gasteiger partial charge on any atom is -0.355 e. The Balaban J connectivity index is 1.93. The van der Waals surface area contributed by atoms with E-state index in [0.29, 0.717) is 12.6 Å². The molecule has 1 unspecified atom stereocenters. The van der Waals surface area contributed by atoms with Crippen molar-refractivity contribution in [3.8, 4) is 0 Å². The van der Waals surface area contributed by atoms with E-state index in [-0.39, 0.29) is 17.5 Å². The first-order chi connectivity index (χ1) is 12.2. The molecule has 0 aliphatic carbocycles. The van der Waals surface area contributed by atoms with Gasteiger partial charge in [0.05, 0.1) is 12.1 Å². The van der Waals surface area contributed by atoms with Gasteiger partial charge in [0, 0.05) is 58.4 Å². The highest BCUT2D eigenvalue weighted by Gasteiger charge is 2.40. The Morgan fingerprint density at radius 3 is 2.31 bits per heavy atom. The molecule has 2 aliphatic rings. The average molecular weight is 367 g/mol. The molecular weight excluding hydrogens is 328 g/mol. The Kier molecular flexibility index (Phi) is 6.91. The number of amides is 1. The van der Waals surface area contributed by atoms with Gasteiger partial charge < -0.3 is 20.0 Å². The standard InChI is InChI=1S/C19H38N6O/c1-15(2)25-17(26)13-24(14-19(25,4)5)18(20-6)21-12-16(3)23-10-8-22(7)9-11-23/h15-16H,8-14H2,1-7H3,(H,20,21). The normalized spacial score (nSPS) is 24.3. The van der Waals surface area contributed by atoms with Crippen LogP contribution in [0, 0.1) is 0 Å². The van der Waals surface area contributed by atoms with E-state index in [1.807, 2.05) is 4.90 Å². The maximum absolute atomic E-state index is 12.7. The first-order valence-electron chi connectivity index (χ1n) is 9.86. The predicted octanol–water partition coefficient (Wildman–Crippen LogP) is 0.529.